The molecule has 0 heterocycles. The molecule has 0 saturated heterocycles. The molecule has 0 fully saturated rings. The van der Waals surface area contributed by atoms with Gasteiger partial charge in [-0.25, -0.2) is 8.42 Å². The van der Waals surface area contributed by atoms with E-state index < -0.39 is 50.4 Å². The third kappa shape index (κ3) is 6.66. The molecule has 12 heteroatoms. The summed E-state index contributed by atoms with van der Waals surface area (Å²) >= 11 is 0. The molecule has 1 atom stereocenters. The van der Waals surface area contributed by atoms with E-state index in [0.29, 0.717) is 12.8 Å². The number of hydrogen-bond acceptors (Lipinski definition) is 4. The summed E-state index contributed by atoms with van der Waals surface area (Å²) in [5, 5.41) is 0. The van der Waals surface area contributed by atoms with Gasteiger partial charge in [0.1, 0.15) is 6.04 Å². The lowest BCUT2D eigenvalue weighted by molar-refractivity contribution is -0.146. The third-order valence-corrected chi connectivity index (χ3v) is 5.04. The normalized spacial score (nSPS) is 14.0. The van der Waals surface area contributed by atoms with Crippen molar-refractivity contribution in [2.45, 2.75) is 56.4 Å². The average molecular weight is 435 g/mol. The molecule has 0 radical (unpaired) electrons. The molecule has 0 aliphatic heterocycles. The fourth-order valence-electron chi connectivity index (χ4n) is 2.21. The van der Waals surface area contributed by atoms with Gasteiger partial charge in [0.2, 0.25) is 10.0 Å². The van der Waals surface area contributed by atoms with Crippen molar-refractivity contribution in [2.24, 2.45) is 0 Å². The Morgan fingerprint density at radius 3 is 1.93 bits per heavy atom. The minimum Gasteiger partial charge on any atom is -0.465 e. The lowest BCUT2D eigenvalue weighted by atomic mass is 10.1. The van der Waals surface area contributed by atoms with Crippen molar-refractivity contribution in [2.75, 3.05) is 6.61 Å². The predicted octanol–water partition coefficient (Wildman–Crippen LogP) is 4.12. The van der Waals surface area contributed by atoms with Crippen LogP contribution in [0.15, 0.2) is 23.1 Å². The molecule has 1 aromatic carbocycles. The van der Waals surface area contributed by atoms with Crippen molar-refractivity contribution in [3.05, 3.63) is 29.3 Å². The number of nitrogens with one attached hydrogen (secondary N) is 1. The van der Waals surface area contributed by atoms with Crippen molar-refractivity contribution in [1.82, 2.24) is 4.72 Å². The molecule has 5 nitrogen and oxygen atoms in total. The van der Waals surface area contributed by atoms with E-state index in [2.05, 4.69) is 0 Å². The van der Waals surface area contributed by atoms with Crippen molar-refractivity contribution >= 4 is 16.0 Å². The van der Waals surface area contributed by atoms with Gasteiger partial charge in [-0.2, -0.15) is 31.1 Å². The van der Waals surface area contributed by atoms with Gasteiger partial charge in [-0.15, -0.1) is 0 Å². The molecule has 0 aromatic heterocycles. The fraction of sp³-hybridized carbons (Fsp3) is 0.562. The van der Waals surface area contributed by atoms with E-state index in [4.69, 9.17) is 4.74 Å². The van der Waals surface area contributed by atoms with E-state index in [-0.39, 0.29) is 31.2 Å². The van der Waals surface area contributed by atoms with Crippen LogP contribution in [-0.2, 0) is 31.9 Å². The van der Waals surface area contributed by atoms with Gasteiger partial charge in [0, 0.05) is 0 Å². The number of esters is 1. The average Bonchev–Trinajstić information content (AvgIpc) is 2.56. The molecule has 0 saturated carbocycles. The first-order valence-electron chi connectivity index (χ1n) is 8.20. The van der Waals surface area contributed by atoms with Crippen molar-refractivity contribution < 1.29 is 44.3 Å². The molecule has 0 amide bonds. The van der Waals surface area contributed by atoms with Crippen molar-refractivity contribution in [3.8, 4) is 0 Å². The number of unbranched alkanes of at least 4 members (excludes halogenated alkanes) is 1. The Morgan fingerprint density at radius 2 is 1.54 bits per heavy atom. The van der Waals surface area contributed by atoms with Crippen LogP contribution < -0.4 is 4.72 Å². The second-order valence-electron chi connectivity index (χ2n) is 5.81. The number of sulfonamides is 1. The van der Waals surface area contributed by atoms with Crippen molar-refractivity contribution in [1.29, 1.82) is 0 Å². The fourth-order valence-corrected chi connectivity index (χ4v) is 3.50. The molecule has 0 spiro atoms. The number of halogens is 6. The summed E-state index contributed by atoms with van der Waals surface area (Å²) in [6, 6.07) is -1.45. The molecular weight excluding hydrogens is 416 g/mol. The highest BCUT2D eigenvalue weighted by molar-refractivity contribution is 7.89. The zero-order chi connectivity index (χ0) is 21.8. The molecule has 0 bridgehead atoms. The summed E-state index contributed by atoms with van der Waals surface area (Å²) in [5.74, 6) is -0.970. The van der Waals surface area contributed by atoms with Crippen molar-refractivity contribution in [3.63, 3.8) is 0 Å². The van der Waals surface area contributed by atoms with Gasteiger partial charge in [0.05, 0.1) is 22.6 Å². The largest absolute Gasteiger partial charge is 0.465 e. The van der Waals surface area contributed by atoms with Gasteiger partial charge in [-0.3, -0.25) is 4.79 Å². The molecule has 1 aromatic rings. The topological polar surface area (TPSA) is 72.5 Å². The van der Waals surface area contributed by atoms with Gasteiger partial charge in [0.25, 0.3) is 0 Å². The van der Waals surface area contributed by atoms with Crippen LogP contribution in [0, 0.1) is 0 Å². The standard InChI is InChI=1S/C16H19F6NO4S/c1-3-5-6-13(14(24)27-4-2)23-28(25,26)12-8-10(15(17,18)19)7-11(9-12)16(20,21)22/h7-9,13,23H,3-6H2,1-2H3. The maximum atomic E-state index is 12.9. The number of alkyl halides is 6. The zero-order valence-corrected chi connectivity index (χ0v) is 15.8. The monoisotopic (exact) mass is 435 g/mol. The molecule has 0 aliphatic carbocycles. The van der Waals surface area contributed by atoms with Crippen LogP contribution in [0.3, 0.4) is 0 Å². The predicted molar refractivity (Wildman–Crippen MR) is 86.7 cm³/mol. The maximum Gasteiger partial charge on any atom is 0.416 e. The number of benzene rings is 1. The van der Waals surface area contributed by atoms with Gasteiger partial charge >= 0.3 is 18.3 Å². The molecule has 1 N–H and O–H groups in total. The quantitative estimate of drug-likeness (QED) is 0.493. The van der Waals surface area contributed by atoms with Gasteiger partial charge < -0.3 is 4.74 Å². The summed E-state index contributed by atoms with van der Waals surface area (Å²) < 4.78 is 109. The first-order valence-corrected chi connectivity index (χ1v) is 9.69. The summed E-state index contributed by atoms with van der Waals surface area (Å²) in [4.78, 5) is 10.7. The minimum atomic E-state index is -5.20. The zero-order valence-electron chi connectivity index (χ0n) is 14.9. The molecule has 1 rings (SSSR count). The van der Waals surface area contributed by atoms with Gasteiger partial charge in [-0.1, -0.05) is 19.8 Å². The number of carbonyl (C=O) groups is 1. The molecule has 28 heavy (non-hydrogen) atoms. The Labute approximate surface area is 158 Å². The third-order valence-electron chi connectivity index (χ3n) is 3.59. The summed E-state index contributed by atoms with van der Waals surface area (Å²) in [7, 11) is -4.87. The van der Waals surface area contributed by atoms with E-state index in [1.165, 1.54) is 6.92 Å². The SMILES string of the molecule is CCCCC(NS(=O)(=O)c1cc(C(F)(F)F)cc(C(F)(F)F)c1)C(=O)OCC. The maximum absolute atomic E-state index is 12.9. The van der Waals surface area contributed by atoms with E-state index in [1.54, 1.807) is 6.92 Å². The summed E-state index contributed by atoms with van der Waals surface area (Å²) in [6.07, 6.45) is -9.48. The highest BCUT2D eigenvalue weighted by Gasteiger charge is 2.38. The lowest BCUT2D eigenvalue weighted by Crippen LogP contribution is -2.42. The van der Waals surface area contributed by atoms with Crippen LogP contribution >= 0.6 is 0 Å². The van der Waals surface area contributed by atoms with Crippen LogP contribution in [0.5, 0.6) is 0 Å². The molecule has 1 unspecified atom stereocenters. The Kier molecular flexibility index (Phi) is 7.89. The molecule has 0 aliphatic rings. The second kappa shape index (κ2) is 9.12. The minimum absolute atomic E-state index is 0.0281. The van der Waals surface area contributed by atoms with Crippen LogP contribution in [0.4, 0.5) is 26.3 Å². The van der Waals surface area contributed by atoms with Crippen LogP contribution in [-0.4, -0.2) is 27.0 Å². The molecule has 160 valence electrons. The highest BCUT2D eigenvalue weighted by Crippen LogP contribution is 2.37. The number of rotatable bonds is 8. The number of ether oxygens (including phenoxy) is 1. The second-order valence-corrected chi connectivity index (χ2v) is 7.52. The Balaban J connectivity index is 3.39. The number of carbonyl (C=O) groups excluding carboxylic acids is 1. The van der Waals surface area contributed by atoms with Crippen LogP contribution in [0.25, 0.3) is 0 Å². The van der Waals surface area contributed by atoms with E-state index in [9.17, 15) is 39.6 Å². The Bertz CT molecular complexity index is 757. The smallest absolute Gasteiger partial charge is 0.416 e. The number of hydrogen-bond donors (Lipinski definition) is 1. The summed E-state index contributed by atoms with van der Waals surface area (Å²) in [5.41, 5.74) is -3.55. The van der Waals surface area contributed by atoms with E-state index in [0.717, 1.165) is 0 Å². The Morgan fingerprint density at radius 1 is 1.04 bits per heavy atom. The first kappa shape index (κ1) is 24.2. The first-order chi connectivity index (χ1) is 12.7. The van der Waals surface area contributed by atoms with Crippen LogP contribution in [0.1, 0.15) is 44.2 Å². The Hall–Kier alpha value is -1.82. The van der Waals surface area contributed by atoms with Crippen LogP contribution in [0.2, 0.25) is 0 Å². The lowest BCUT2D eigenvalue weighted by Gasteiger charge is -2.19. The van der Waals surface area contributed by atoms with Gasteiger partial charge in [-0.05, 0) is 31.5 Å². The summed E-state index contributed by atoms with van der Waals surface area (Å²) in [6.45, 7) is 3.13. The van der Waals surface area contributed by atoms with E-state index >= 15 is 0 Å². The van der Waals surface area contributed by atoms with Gasteiger partial charge in [0.15, 0.2) is 0 Å². The van der Waals surface area contributed by atoms with E-state index in [1.807, 2.05) is 4.72 Å². The highest BCUT2D eigenvalue weighted by atomic mass is 32.2. The molecular formula is C16H19F6NO4S.